The molecule has 0 aliphatic heterocycles. The van der Waals surface area contributed by atoms with Crippen molar-refractivity contribution in [2.45, 2.75) is 59.4 Å². The van der Waals surface area contributed by atoms with Crippen molar-refractivity contribution in [2.75, 3.05) is 18.2 Å². The van der Waals surface area contributed by atoms with Crippen molar-refractivity contribution in [3.05, 3.63) is 17.7 Å². The number of carboxylic acids is 1. The fourth-order valence-electron chi connectivity index (χ4n) is 4.43. The molecular formula is C19H30N2O3. The van der Waals surface area contributed by atoms with Crippen LogP contribution >= 0.6 is 0 Å². The Balaban J connectivity index is 2.24. The molecule has 1 aromatic carbocycles. The summed E-state index contributed by atoms with van der Waals surface area (Å²) in [7, 11) is 1.55. The van der Waals surface area contributed by atoms with Crippen molar-refractivity contribution in [2.24, 2.45) is 10.8 Å². The number of methoxy groups -OCH3 is 1. The van der Waals surface area contributed by atoms with Crippen molar-refractivity contribution in [3.8, 4) is 5.75 Å². The van der Waals surface area contributed by atoms with E-state index in [1.807, 2.05) is 6.07 Å². The number of nitrogens with two attached hydrogens (primary N) is 1. The van der Waals surface area contributed by atoms with E-state index < -0.39 is 5.97 Å². The van der Waals surface area contributed by atoms with Gasteiger partial charge in [0, 0.05) is 17.7 Å². The van der Waals surface area contributed by atoms with Crippen molar-refractivity contribution < 1.29 is 14.6 Å². The number of benzene rings is 1. The van der Waals surface area contributed by atoms with Crippen molar-refractivity contribution >= 4 is 17.3 Å². The zero-order valence-electron chi connectivity index (χ0n) is 15.4. The normalized spacial score (nSPS) is 19.7. The van der Waals surface area contributed by atoms with Gasteiger partial charge in [-0.2, -0.15) is 0 Å². The lowest BCUT2D eigenvalue weighted by Crippen LogP contribution is -2.40. The summed E-state index contributed by atoms with van der Waals surface area (Å²) >= 11 is 0. The Kier molecular flexibility index (Phi) is 5.02. The van der Waals surface area contributed by atoms with E-state index >= 15 is 0 Å². The van der Waals surface area contributed by atoms with Gasteiger partial charge in [-0.3, -0.25) is 4.79 Å². The van der Waals surface area contributed by atoms with Gasteiger partial charge in [-0.1, -0.05) is 27.7 Å². The second kappa shape index (κ2) is 6.54. The van der Waals surface area contributed by atoms with E-state index in [2.05, 4.69) is 33.0 Å². The fourth-order valence-corrected chi connectivity index (χ4v) is 4.43. The summed E-state index contributed by atoms with van der Waals surface area (Å²) in [6.07, 6.45) is 3.26. The molecule has 0 aromatic heterocycles. The Morgan fingerprint density at radius 1 is 1.29 bits per heavy atom. The number of nitrogen functional groups attached to an aromatic ring is 1. The Bertz CT molecular complexity index is 607. The Morgan fingerprint density at radius 3 is 2.38 bits per heavy atom. The lowest BCUT2D eigenvalue weighted by Gasteiger charge is -2.45. The van der Waals surface area contributed by atoms with Crippen LogP contribution in [0.2, 0.25) is 0 Å². The van der Waals surface area contributed by atoms with Crippen molar-refractivity contribution in [1.82, 2.24) is 0 Å². The Hall–Kier alpha value is -1.91. The molecule has 1 fully saturated rings. The van der Waals surface area contributed by atoms with Crippen molar-refractivity contribution in [3.63, 3.8) is 0 Å². The van der Waals surface area contributed by atoms with E-state index in [4.69, 9.17) is 15.6 Å². The third-order valence-corrected chi connectivity index (χ3v) is 4.71. The summed E-state index contributed by atoms with van der Waals surface area (Å²) < 4.78 is 5.35. The van der Waals surface area contributed by atoms with Gasteiger partial charge >= 0.3 is 5.97 Å². The highest BCUT2D eigenvalue weighted by atomic mass is 16.5. The summed E-state index contributed by atoms with van der Waals surface area (Å²) in [5.41, 5.74) is 8.70. The molecule has 4 N–H and O–H groups in total. The first kappa shape index (κ1) is 18.4. The molecule has 0 unspecified atom stereocenters. The maximum absolute atomic E-state index is 11.0. The number of hydrogen-bond donors (Lipinski definition) is 3. The summed E-state index contributed by atoms with van der Waals surface area (Å²) in [6, 6.07) is 3.86. The average molecular weight is 334 g/mol. The van der Waals surface area contributed by atoms with E-state index in [0.29, 0.717) is 23.0 Å². The van der Waals surface area contributed by atoms with E-state index in [1.165, 1.54) is 6.42 Å². The quantitative estimate of drug-likeness (QED) is 0.711. The smallest absolute Gasteiger partial charge is 0.307 e. The Labute approximate surface area is 144 Å². The van der Waals surface area contributed by atoms with Crippen LogP contribution in [0.4, 0.5) is 11.4 Å². The highest BCUT2D eigenvalue weighted by Gasteiger charge is 2.38. The molecule has 1 aliphatic rings. The van der Waals surface area contributed by atoms with Crippen LogP contribution in [-0.4, -0.2) is 24.2 Å². The summed E-state index contributed by atoms with van der Waals surface area (Å²) in [6.45, 7) is 9.23. The molecule has 1 saturated carbocycles. The minimum atomic E-state index is -0.899. The molecule has 0 atom stereocenters. The van der Waals surface area contributed by atoms with Crippen LogP contribution in [0, 0.1) is 10.8 Å². The SMILES string of the molecule is COc1cc(NC2CC(C)(C)CC(C)(C)C2)c(N)cc1CC(=O)O. The molecule has 0 heterocycles. The lowest BCUT2D eigenvalue weighted by molar-refractivity contribution is -0.136. The van der Waals surface area contributed by atoms with Gasteiger partial charge in [0.2, 0.25) is 0 Å². The number of nitrogens with one attached hydrogen (secondary N) is 1. The molecule has 0 radical (unpaired) electrons. The van der Waals surface area contributed by atoms with Crippen LogP contribution < -0.4 is 15.8 Å². The molecule has 0 amide bonds. The molecule has 2 rings (SSSR count). The number of carbonyl (C=O) groups is 1. The molecule has 1 aromatic rings. The first-order valence-corrected chi connectivity index (χ1v) is 8.46. The summed E-state index contributed by atoms with van der Waals surface area (Å²) in [4.78, 5) is 11.0. The third-order valence-electron chi connectivity index (χ3n) is 4.71. The second-order valence-corrected chi connectivity index (χ2v) is 8.58. The van der Waals surface area contributed by atoms with Crippen LogP contribution in [0.1, 0.15) is 52.5 Å². The van der Waals surface area contributed by atoms with Gasteiger partial charge in [-0.15, -0.1) is 0 Å². The molecule has 5 nitrogen and oxygen atoms in total. The van der Waals surface area contributed by atoms with Gasteiger partial charge in [0.05, 0.1) is 24.9 Å². The maximum atomic E-state index is 11.0. The van der Waals surface area contributed by atoms with Crippen LogP contribution in [0.3, 0.4) is 0 Å². The first-order valence-electron chi connectivity index (χ1n) is 8.46. The summed E-state index contributed by atoms with van der Waals surface area (Å²) in [5.74, 6) is -0.340. The standard InChI is InChI=1S/C19H30N2O3/c1-18(2)9-13(10-19(3,4)11-18)21-15-8-16(24-5)12(6-14(15)20)7-17(22)23/h6,8,13,21H,7,9-11,20H2,1-5H3,(H,22,23). The molecule has 0 saturated heterocycles. The predicted octanol–water partition coefficient (Wildman–Crippen LogP) is 3.92. The topological polar surface area (TPSA) is 84.6 Å². The average Bonchev–Trinajstić information content (AvgIpc) is 2.37. The molecule has 0 bridgehead atoms. The fraction of sp³-hybridized carbons (Fsp3) is 0.632. The highest BCUT2D eigenvalue weighted by molar-refractivity contribution is 5.76. The number of ether oxygens (including phenoxy) is 1. The van der Waals surface area contributed by atoms with Gasteiger partial charge < -0.3 is 20.9 Å². The number of carboxylic acid groups (broad SMARTS) is 1. The van der Waals surface area contributed by atoms with Gasteiger partial charge in [0.25, 0.3) is 0 Å². The predicted molar refractivity (Wildman–Crippen MR) is 97.6 cm³/mol. The van der Waals surface area contributed by atoms with E-state index in [0.717, 1.165) is 18.5 Å². The number of aliphatic carboxylic acids is 1. The first-order chi connectivity index (χ1) is 11.0. The van der Waals surface area contributed by atoms with Gasteiger partial charge in [-0.05, 0) is 36.2 Å². The third kappa shape index (κ3) is 4.56. The molecule has 5 heteroatoms. The lowest BCUT2D eigenvalue weighted by atomic mass is 9.63. The molecule has 0 spiro atoms. The largest absolute Gasteiger partial charge is 0.496 e. The second-order valence-electron chi connectivity index (χ2n) is 8.58. The zero-order valence-corrected chi connectivity index (χ0v) is 15.4. The molecular weight excluding hydrogens is 304 g/mol. The van der Waals surface area contributed by atoms with Crippen LogP contribution in [0.25, 0.3) is 0 Å². The minimum absolute atomic E-state index is 0.100. The van der Waals surface area contributed by atoms with Gasteiger partial charge in [0.1, 0.15) is 5.75 Å². The molecule has 1 aliphatic carbocycles. The maximum Gasteiger partial charge on any atom is 0.307 e. The molecule has 24 heavy (non-hydrogen) atoms. The van der Waals surface area contributed by atoms with Crippen LogP contribution in [0.5, 0.6) is 5.75 Å². The zero-order chi connectivity index (χ0) is 18.1. The number of rotatable bonds is 5. The minimum Gasteiger partial charge on any atom is -0.496 e. The van der Waals surface area contributed by atoms with E-state index in [-0.39, 0.29) is 17.3 Å². The number of anilines is 2. The molecule has 134 valence electrons. The van der Waals surface area contributed by atoms with Crippen LogP contribution in [-0.2, 0) is 11.2 Å². The van der Waals surface area contributed by atoms with Gasteiger partial charge in [0.15, 0.2) is 0 Å². The number of hydrogen-bond acceptors (Lipinski definition) is 4. The van der Waals surface area contributed by atoms with E-state index in [9.17, 15) is 4.79 Å². The van der Waals surface area contributed by atoms with Gasteiger partial charge in [-0.25, -0.2) is 0 Å². The van der Waals surface area contributed by atoms with Crippen LogP contribution in [0.15, 0.2) is 12.1 Å². The highest BCUT2D eigenvalue weighted by Crippen LogP contribution is 2.46. The summed E-state index contributed by atoms with van der Waals surface area (Å²) in [5, 5.41) is 12.6. The van der Waals surface area contributed by atoms with Crippen molar-refractivity contribution in [1.29, 1.82) is 0 Å². The van der Waals surface area contributed by atoms with E-state index in [1.54, 1.807) is 13.2 Å². The Morgan fingerprint density at radius 2 is 1.88 bits per heavy atom. The monoisotopic (exact) mass is 334 g/mol.